The molecule has 0 saturated carbocycles. The zero-order valence-corrected chi connectivity index (χ0v) is 12.7. The van der Waals surface area contributed by atoms with E-state index in [0.717, 1.165) is 16.6 Å². The van der Waals surface area contributed by atoms with E-state index in [4.69, 9.17) is 4.74 Å². The van der Waals surface area contributed by atoms with Gasteiger partial charge < -0.3 is 9.30 Å². The minimum atomic E-state index is -0.556. The molecule has 0 fully saturated rings. The number of hydrogen-bond acceptors (Lipinski definition) is 5. The first-order chi connectivity index (χ1) is 11.7. The number of nitrogens with zero attached hydrogens (tertiary/aromatic N) is 3. The van der Waals surface area contributed by atoms with Crippen molar-refractivity contribution in [2.24, 2.45) is 0 Å². The zero-order valence-electron chi connectivity index (χ0n) is 12.7. The second-order valence-electron chi connectivity index (χ2n) is 5.23. The van der Waals surface area contributed by atoms with E-state index >= 15 is 0 Å². The molecule has 0 unspecified atom stereocenters. The monoisotopic (exact) mass is 320 g/mol. The van der Waals surface area contributed by atoms with Crippen LogP contribution in [0.1, 0.15) is 10.4 Å². The molecule has 1 aromatic heterocycles. The van der Waals surface area contributed by atoms with Crippen LogP contribution in [0, 0.1) is 0 Å². The van der Waals surface area contributed by atoms with E-state index in [2.05, 4.69) is 15.2 Å². The average Bonchev–Trinajstić information content (AvgIpc) is 3.01. The highest BCUT2D eigenvalue weighted by molar-refractivity contribution is 5.96. The van der Waals surface area contributed by atoms with Crippen molar-refractivity contribution in [3.8, 4) is 16.9 Å². The third-order valence-electron chi connectivity index (χ3n) is 3.87. The first kappa shape index (κ1) is 14.1. The summed E-state index contributed by atoms with van der Waals surface area (Å²) in [6, 6.07) is 9.42. The maximum Gasteiger partial charge on any atom is 0.341 e. The minimum absolute atomic E-state index is 0.217. The molecule has 0 spiro atoms. The molecule has 4 rings (SSSR count). The van der Waals surface area contributed by atoms with Gasteiger partial charge in [0.05, 0.1) is 23.9 Å². The van der Waals surface area contributed by atoms with Gasteiger partial charge in [0.25, 0.3) is 5.56 Å². The molecule has 0 atom stereocenters. The summed E-state index contributed by atoms with van der Waals surface area (Å²) < 4.78 is 6.53. The molecule has 1 N–H and O–H groups in total. The Morgan fingerprint density at radius 3 is 2.92 bits per heavy atom. The van der Waals surface area contributed by atoms with Crippen molar-refractivity contribution >= 4 is 16.9 Å². The fraction of sp³-hybridized carbons (Fsp3) is 0.0588. The Labute approximate surface area is 135 Å². The van der Waals surface area contributed by atoms with Gasteiger partial charge in [0.15, 0.2) is 0 Å². The molecule has 2 aliphatic heterocycles. The SMILES string of the molecule is COC(=O)c1cn(-c2cccc3ncccc23)cc2c(=O)[nH]nc1-2. The Morgan fingerprint density at radius 2 is 2.08 bits per heavy atom. The highest BCUT2D eigenvalue weighted by atomic mass is 16.5. The Morgan fingerprint density at radius 1 is 1.21 bits per heavy atom. The highest BCUT2D eigenvalue weighted by Gasteiger charge is 2.22. The first-order valence-electron chi connectivity index (χ1n) is 7.22. The van der Waals surface area contributed by atoms with Crippen LogP contribution in [-0.4, -0.2) is 32.8 Å². The number of ether oxygens (including phenoxy) is 1. The summed E-state index contributed by atoms with van der Waals surface area (Å²) in [6.45, 7) is 0. The smallest absolute Gasteiger partial charge is 0.341 e. The molecule has 24 heavy (non-hydrogen) atoms. The summed E-state index contributed by atoms with van der Waals surface area (Å²) in [6.07, 6.45) is 4.97. The van der Waals surface area contributed by atoms with Crippen LogP contribution in [-0.2, 0) is 4.74 Å². The molecule has 2 aromatic rings. The number of fused-ring (bicyclic) bond motifs is 2. The average molecular weight is 320 g/mol. The van der Waals surface area contributed by atoms with Gasteiger partial charge >= 0.3 is 5.97 Å². The number of rotatable bonds is 2. The number of aromatic nitrogens is 4. The molecular weight excluding hydrogens is 308 g/mol. The van der Waals surface area contributed by atoms with Crippen LogP contribution in [0.2, 0.25) is 0 Å². The Balaban J connectivity index is 2.06. The fourth-order valence-corrected chi connectivity index (χ4v) is 2.75. The van der Waals surface area contributed by atoms with Crippen LogP contribution in [0.5, 0.6) is 0 Å². The van der Waals surface area contributed by atoms with Gasteiger partial charge in [0.2, 0.25) is 0 Å². The molecule has 0 aliphatic carbocycles. The van der Waals surface area contributed by atoms with Crippen LogP contribution in [0.15, 0.2) is 53.7 Å². The molecule has 3 heterocycles. The van der Waals surface area contributed by atoms with Crippen molar-refractivity contribution < 1.29 is 9.53 Å². The van der Waals surface area contributed by atoms with Crippen molar-refractivity contribution in [3.63, 3.8) is 0 Å². The third-order valence-corrected chi connectivity index (χ3v) is 3.87. The van der Waals surface area contributed by atoms with E-state index in [1.54, 1.807) is 23.2 Å². The van der Waals surface area contributed by atoms with Gasteiger partial charge in [-0.2, -0.15) is 5.10 Å². The molecule has 2 aliphatic rings. The van der Waals surface area contributed by atoms with Crippen LogP contribution >= 0.6 is 0 Å². The van der Waals surface area contributed by atoms with Crippen molar-refractivity contribution in [3.05, 3.63) is 64.8 Å². The van der Waals surface area contributed by atoms with Crippen molar-refractivity contribution in [2.45, 2.75) is 0 Å². The number of H-pyrrole nitrogens is 1. The third kappa shape index (κ3) is 2.06. The van der Waals surface area contributed by atoms with Crippen LogP contribution in [0.25, 0.3) is 27.8 Å². The summed E-state index contributed by atoms with van der Waals surface area (Å²) in [5.74, 6) is -0.556. The first-order valence-corrected chi connectivity index (χ1v) is 7.22. The maximum absolute atomic E-state index is 12.1. The molecule has 118 valence electrons. The van der Waals surface area contributed by atoms with Gasteiger partial charge in [0.1, 0.15) is 11.3 Å². The Kier molecular flexibility index (Phi) is 3.13. The van der Waals surface area contributed by atoms with Crippen LogP contribution < -0.4 is 5.56 Å². The zero-order chi connectivity index (χ0) is 16.7. The van der Waals surface area contributed by atoms with Crippen molar-refractivity contribution in [2.75, 3.05) is 7.11 Å². The van der Waals surface area contributed by atoms with Gasteiger partial charge in [-0.15, -0.1) is 0 Å². The predicted molar refractivity (Wildman–Crippen MR) is 87.4 cm³/mol. The highest BCUT2D eigenvalue weighted by Crippen LogP contribution is 2.26. The molecule has 0 radical (unpaired) electrons. The Bertz CT molecular complexity index is 1090. The lowest BCUT2D eigenvalue weighted by Crippen LogP contribution is -2.11. The Hall–Kier alpha value is -3.48. The largest absolute Gasteiger partial charge is 0.465 e. The maximum atomic E-state index is 12.1. The van der Waals surface area contributed by atoms with E-state index in [-0.39, 0.29) is 11.1 Å². The van der Waals surface area contributed by atoms with Gasteiger partial charge in [-0.25, -0.2) is 9.89 Å². The number of carbonyl (C=O) groups is 1. The molecule has 0 amide bonds. The van der Waals surface area contributed by atoms with Crippen molar-refractivity contribution in [1.82, 2.24) is 19.7 Å². The number of carbonyl (C=O) groups excluding carboxylic acids is 1. The van der Waals surface area contributed by atoms with Crippen LogP contribution in [0.3, 0.4) is 0 Å². The van der Waals surface area contributed by atoms with E-state index in [9.17, 15) is 9.59 Å². The topological polar surface area (TPSA) is 89.9 Å². The predicted octanol–water partition coefficient (Wildman–Crippen LogP) is 2.00. The van der Waals surface area contributed by atoms with E-state index in [0.29, 0.717) is 11.3 Å². The molecule has 0 bridgehead atoms. The van der Waals surface area contributed by atoms with Crippen LogP contribution in [0.4, 0.5) is 0 Å². The van der Waals surface area contributed by atoms with Gasteiger partial charge in [0, 0.05) is 24.0 Å². The number of hydrogen-bond donors (Lipinski definition) is 1. The molecule has 7 heteroatoms. The molecule has 0 saturated heterocycles. The lowest BCUT2D eigenvalue weighted by molar-refractivity contribution is 0.0600. The van der Waals surface area contributed by atoms with Crippen molar-refractivity contribution in [1.29, 1.82) is 0 Å². The molecule has 1 aromatic carbocycles. The summed E-state index contributed by atoms with van der Waals surface area (Å²) in [5, 5.41) is 7.19. The van der Waals surface area contributed by atoms with E-state index in [1.165, 1.54) is 7.11 Å². The lowest BCUT2D eigenvalue weighted by Gasteiger charge is -2.13. The standard InChI is InChI=1S/C17H12N4O3/c1-24-17(23)12-9-21(8-11-15(12)19-20-16(11)22)14-6-2-5-13-10(14)4-3-7-18-13/h2-9H,1H3,(H,20,22). The lowest BCUT2D eigenvalue weighted by atomic mass is 10.1. The number of nitrogens with one attached hydrogen (secondary N) is 1. The van der Waals surface area contributed by atoms with E-state index in [1.807, 2.05) is 30.3 Å². The molecule has 7 nitrogen and oxygen atoms in total. The fourth-order valence-electron chi connectivity index (χ4n) is 2.75. The number of methoxy groups -OCH3 is 1. The quantitative estimate of drug-likeness (QED) is 0.571. The van der Waals surface area contributed by atoms with E-state index < -0.39 is 5.97 Å². The number of esters is 1. The summed E-state index contributed by atoms with van der Waals surface area (Å²) in [4.78, 5) is 28.4. The van der Waals surface area contributed by atoms with Gasteiger partial charge in [-0.3, -0.25) is 9.78 Å². The van der Waals surface area contributed by atoms with Gasteiger partial charge in [-0.1, -0.05) is 6.07 Å². The number of aromatic amines is 1. The van der Waals surface area contributed by atoms with Gasteiger partial charge in [-0.05, 0) is 24.3 Å². The minimum Gasteiger partial charge on any atom is -0.465 e. The summed E-state index contributed by atoms with van der Waals surface area (Å²) in [7, 11) is 1.29. The normalized spacial score (nSPS) is 11.0. The second-order valence-corrected chi connectivity index (χ2v) is 5.23. The number of pyridine rings is 2. The summed E-state index contributed by atoms with van der Waals surface area (Å²) in [5.41, 5.74) is 2.09. The molecular formula is C17H12N4O3. The summed E-state index contributed by atoms with van der Waals surface area (Å²) >= 11 is 0. The second kappa shape index (κ2) is 5.31. The number of benzene rings is 1.